The molecular formula is C24H22F2N6O2. The number of carbonyl (C=O) groups excluding carboxylic acids is 2. The zero-order chi connectivity index (χ0) is 24.6. The van der Waals surface area contributed by atoms with Gasteiger partial charge in [0.05, 0.1) is 10.9 Å². The number of aromatic nitrogens is 3. The van der Waals surface area contributed by atoms with Crippen LogP contribution in [0.3, 0.4) is 0 Å². The SMILES string of the molecule is Cc1ccc(C(=O)c2cn(C(C)C)c3ncnc(N)c23)cc1NC(=O)Nc1cc(F)cc(F)c1. The number of urea groups is 1. The molecule has 174 valence electrons. The molecule has 4 N–H and O–H groups in total. The molecule has 0 aliphatic heterocycles. The third kappa shape index (κ3) is 4.42. The molecule has 4 rings (SSSR count). The van der Waals surface area contributed by atoms with Crippen LogP contribution in [-0.4, -0.2) is 26.3 Å². The zero-order valence-electron chi connectivity index (χ0n) is 18.7. The predicted octanol–water partition coefficient (Wildman–Crippen LogP) is 5.06. The fourth-order valence-corrected chi connectivity index (χ4v) is 3.64. The Morgan fingerprint density at radius 3 is 2.41 bits per heavy atom. The van der Waals surface area contributed by atoms with Gasteiger partial charge >= 0.3 is 6.03 Å². The summed E-state index contributed by atoms with van der Waals surface area (Å²) < 4.78 is 28.6. The number of hydrogen-bond donors (Lipinski definition) is 3. The molecule has 0 spiro atoms. The maximum absolute atomic E-state index is 13.4. The number of nitrogens with two attached hydrogens (primary N) is 1. The highest BCUT2D eigenvalue weighted by atomic mass is 19.1. The minimum atomic E-state index is -0.817. The van der Waals surface area contributed by atoms with Crippen LogP contribution < -0.4 is 16.4 Å². The van der Waals surface area contributed by atoms with Crippen molar-refractivity contribution in [2.24, 2.45) is 0 Å². The molecule has 0 atom stereocenters. The number of ketones is 1. The van der Waals surface area contributed by atoms with Crippen molar-refractivity contribution in [3.8, 4) is 0 Å². The van der Waals surface area contributed by atoms with Crippen LogP contribution in [0.25, 0.3) is 11.0 Å². The van der Waals surface area contributed by atoms with Crippen molar-refractivity contribution in [1.82, 2.24) is 14.5 Å². The van der Waals surface area contributed by atoms with Gasteiger partial charge in [0.15, 0.2) is 5.78 Å². The number of nitrogen functional groups attached to an aromatic ring is 1. The van der Waals surface area contributed by atoms with Gasteiger partial charge in [-0.05, 0) is 44.5 Å². The highest BCUT2D eigenvalue weighted by Gasteiger charge is 2.22. The molecule has 0 aliphatic rings. The van der Waals surface area contributed by atoms with Crippen molar-refractivity contribution in [2.75, 3.05) is 16.4 Å². The highest BCUT2D eigenvalue weighted by molar-refractivity contribution is 6.18. The second-order valence-corrected chi connectivity index (χ2v) is 8.10. The Morgan fingerprint density at radius 1 is 1.03 bits per heavy atom. The fourth-order valence-electron chi connectivity index (χ4n) is 3.64. The molecule has 2 heterocycles. The van der Waals surface area contributed by atoms with Gasteiger partial charge in [0.2, 0.25) is 0 Å². The van der Waals surface area contributed by atoms with Crippen molar-refractivity contribution < 1.29 is 18.4 Å². The van der Waals surface area contributed by atoms with Gasteiger partial charge in [-0.3, -0.25) is 4.79 Å². The minimum Gasteiger partial charge on any atom is -0.383 e. The van der Waals surface area contributed by atoms with E-state index in [0.717, 1.165) is 12.1 Å². The van der Waals surface area contributed by atoms with Crippen LogP contribution in [0.1, 0.15) is 41.4 Å². The Morgan fingerprint density at radius 2 is 1.74 bits per heavy atom. The van der Waals surface area contributed by atoms with E-state index in [2.05, 4.69) is 20.6 Å². The van der Waals surface area contributed by atoms with E-state index in [4.69, 9.17) is 5.73 Å². The summed E-state index contributed by atoms with van der Waals surface area (Å²) in [6, 6.07) is 6.86. The van der Waals surface area contributed by atoms with Crippen LogP contribution in [0.5, 0.6) is 0 Å². The maximum Gasteiger partial charge on any atom is 0.323 e. The Balaban J connectivity index is 1.65. The molecule has 4 aromatic rings. The number of anilines is 3. The lowest BCUT2D eigenvalue weighted by atomic mass is 10.0. The second kappa shape index (κ2) is 8.89. The van der Waals surface area contributed by atoms with E-state index >= 15 is 0 Å². The first-order valence-corrected chi connectivity index (χ1v) is 10.4. The summed E-state index contributed by atoms with van der Waals surface area (Å²) in [5.41, 5.74) is 8.27. The van der Waals surface area contributed by atoms with E-state index in [9.17, 15) is 18.4 Å². The monoisotopic (exact) mass is 464 g/mol. The van der Waals surface area contributed by atoms with Crippen molar-refractivity contribution in [3.63, 3.8) is 0 Å². The Bertz CT molecular complexity index is 1410. The average Bonchev–Trinajstić information content (AvgIpc) is 3.15. The lowest BCUT2D eigenvalue weighted by Gasteiger charge is -2.12. The standard InChI is InChI=1S/C24H22F2N6O2/c1-12(2)32-10-18(20-22(27)28-11-29-23(20)32)21(33)14-5-4-13(3)19(6-14)31-24(34)30-17-8-15(25)7-16(26)9-17/h4-12H,1-3H3,(H2,27,28,29)(H2,30,31,34). The highest BCUT2D eigenvalue weighted by Crippen LogP contribution is 2.29. The van der Waals surface area contributed by atoms with Crippen molar-refractivity contribution in [3.05, 3.63) is 77.2 Å². The molecule has 0 saturated heterocycles. The molecule has 2 aromatic carbocycles. The Hall–Kier alpha value is -4.34. The molecule has 0 bridgehead atoms. The number of carbonyl (C=O) groups is 2. The van der Waals surface area contributed by atoms with E-state index < -0.39 is 17.7 Å². The smallest absolute Gasteiger partial charge is 0.323 e. The number of amides is 2. The molecule has 10 heteroatoms. The van der Waals surface area contributed by atoms with Gasteiger partial charge < -0.3 is 20.9 Å². The second-order valence-electron chi connectivity index (χ2n) is 8.10. The van der Waals surface area contributed by atoms with Crippen LogP contribution in [-0.2, 0) is 0 Å². The normalized spacial score (nSPS) is 11.1. The molecular weight excluding hydrogens is 442 g/mol. The Labute approximate surface area is 193 Å². The van der Waals surface area contributed by atoms with E-state index in [1.165, 1.54) is 12.4 Å². The van der Waals surface area contributed by atoms with Gasteiger partial charge in [0.1, 0.15) is 29.4 Å². The van der Waals surface area contributed by atoms with Crippen LogP contribution in [0.15, 0.2) is 48.9 Å². The molecule has 0 fully saturated rings. The predicted molar refractivity (Wildman–Crippen MR) is 126 cm³/mol. The summed E-state index contributed by atoms with van der Waals surface area (Å²) in [6.07, 6.45) is 3.04. The maximum atomic E-state index is 13.4. The van der Waals surface area contributed by atoms with E-state index in [0.29, 0.717) is 39.5 Å². The number of halogens is 2. The zero-order valence-corrected chi connectivity index (χ0v) is 18.7. The number of rotatable bonds is 5. The van der Waals surface area contributed by atoms with Gasteiger partial charge in [-0.25, -0.2) is 23.5 Å². The van der Waals surface area contributed by atoms with Crippen molar-refractivity contribution in [1.29, 1.82) is 0 Å². The Kier molecular flexibility index (Phi) is 5.97. The van der Waals surface area contributed by atoms with Gasteiger partial charge in [-0.1, -0.05) is 12.1 Å². The van der Waals surface area contributed by atoms with E-state index in [1.54, 1.807) is 25.3 Å². The third-order valence-corrected chi connectivity index (χ3v) is 5.31. The summed E-state index contributed by atoms with van der Waals surface area (Å²) in [5.74, 6) is -1.76. The van der Waals surface area contributed by atoms with Gasteiger partial charge in [0.25, 0.3) is 0 Å². The number of fused-ring (bicyclic) bond motifs is 1. The minimum absolute atomic E-state index is 0.0324. The van der Waals surface area contributed by atoms with E-state index in [1.807, 2.05) is 18.4 Å². The number of aryl methyl sites for hydroxylation is 1. The largest absolute Gasteiger partial charge is 0.383 e. The molecule has 8 nitrogen and oxygen atoms in total. The lowest BCUT2D eigenvalue weighted by molar-refractivity contribution is 0.104. The van der Waals surface area contributed by atoms with Crippen LogP contribution in [0.4, 0.5) is 30.8 Å². The number of hydrogen-bond acceptors (Lipinski definition) is 5. The molecule has 0 unspecified atom stereocenters. The molecule has 0 radical (unpaired) electrons. The van der Waals surface area contributed by atoms with Crippen molar-refractivity contribution >= 4 is 40.0 Å². The van der Waals surface area contributed by atoms with Crippen LogP contribution in [0, 0.1) is 18.6 Å². The lowest BCUT2D eigenvalue weighted by Crippen LogP contribution is -2.20. The molecule has 34 heavy (non-hydrogen) atoms. The first-order valence-electron chi connectivity index (χ1n) is 10.4. The average molecular weight is 464 g/mol. The van der Waals surface area contributed by atoms with Crippen LogP contribution >= 0.6 is 0 Å². The van der Waals surface area contributed by atoms with E-state index in [-0.39, 0.29) is 23.3 Å². The van der Waals surface area contributed by atoms with Crippen molar-refractivity contribution in [2.45, 2.75) is 26.8 Å². The summed E-state index contributed by atoms with van der Waals surface area (Å²) in [7, 11) is 0. The summed E-state index contributed by atoms with van der Waals surface area (Å²) in [6.45, 7) is 5.67. The molecule has 0 saturated carbocycles. The van der Waals surface area contributed by atoms with Gasteiger partial charge in [0, 0.05) is 35.2 Å². The van der Waals surface area contributed by atoms with Gasteiger partial charge in [-0.15, -0.1) is 0 Å². The summed E-state index contributed by atoms with van der Waals surface area (Å²) in [4.78, 5) is 34.2. The summed E-state index contributed by atoms with van der Waals surface area (Å²) >= 11 is 0. The first kappa shape index (κ1) is 22.8. The van der Waals surface area contributed by atoms with Crippen LogP contribution in [0.2, 0.25) is 0 Å². The quantitative estimate of drug-likeness (QED) is 0.357. The molecule has 0 aliphatic carbocycles. The first-order chi connectivity index (χ1) is 16.1. The fraction of sp³-hybridized carbons (Fsp3) is 0.167. The summed E-state index contributed by atoms with van der Waals surface area (Å²) in [5, 5.41) is 5.45. The molecule has 2 amide bonds. The number of benzene rings is 2. The molecule has 2 aromatic heterocycles. The number of nitrogens with zero attached hydrogens (tertiary/aromatic N) is 3. The third-order valence-electron chi connectivity index (χ3n) is 5.31. The number of nitrogens with one attached hydrogen (secondary N) is 2. The van der Waals surface area contributed by atoms with Gasteiger partial charge in [-0.2, -0.15) is 0 Å². The topological polar surface area (TPSA) is 115 Å².